The van der Waals surface area contributed by atoms with Crippen molar-refractivity contribution in [3.8, 4) is 5.75 Å². The molecule has 1 N–H and O–H groups in total. The van der Waals surface area contributed by atoms with E-state index in [1.54, 1.807) is 61.7 Å². The zero-order valence-corrected chi connectivity index (χ0v) is 18.2. The van der Waals surface area contributed by atoms with E-state index in [0.29, 0.717) is 27.9 Å². The number of aromatic nitrogens is 1. The van der Waals surface area contributed by atoms with Gasteiger partial charge in [-0.1, -0.05) is 36.4 Å². The van der Waals surface area contributed by atoms with Crippen LogP contribution in [0.3, 0.4) is 0 Å². The summed E-state index contributed by atoms with van der Waals surface area (Å²) in [5.74, 6) is -0.338. The standard InChI is InChI=1S/C26H22N2O5/c1-32-19-13-11-17(12-14-19)16-28-23-10-6-9-22(27-24(29)18-7-4-3-5-8-18)20(23)15-21(25(28)30)26(31)33-2/h3-15H,16H2,1-2H3,(H,27,29). The SMILES string of the molecule is COC(=O)c1cc2c(NC(=O)c3ccccc3)cccc2n(Cc2ccc(OC)cc2)c1=O. The zero-order valence-electron chi connectivity index (χ0n) is 18.2. The van der Waals surface area contributed by atoms with Crippen LogP contribution in [0.5, 0.6) is 5.75 Å². The maximum Gasteiger partial charge on any atom is 0.343 e. The van der Waals surface area contributed by atoms with Gasteiger partial charge < -0.3 is 19.4 Å². The lowest BCUT2D eigenvalue weighted by Gasteiger charge is -2.16. The Morgan fingerprint density at radius 3 is 2.30 bits per heavy atom. The number of carbonyl (C=O) groups is 2. The van der Waals surface area contributed by atoms with Crippen LogP contribution in [0.4, 0.5) is 5.69 Å². The average molecular weight is 442 g/mol. The number of esters is 1. The Bertz CT molecular complexity index is 1380. The van der Waals surface area contributed by atoms with E-state index in [-0.39, 0.29) is 18.0 Å². The van der Waals surface area contributed by atoms with Crippen LogP contribution in [0.1, 0.15) is 26.3 Å². The van der Waals surface area contributed by atoms with Gasteiger partial charge in [0.25, 0.3) is 11.5 Å². The van der Waals surface area contributed by atoms with Gasteiger partial charge in [-0.15, -0.1) is 0 Å². The smallest absolute Gasteiger partial charge is 0.343 e. The Morgan fingerprint density at radius 1 is 0.909 bits per heavy atom. The molecular formula is C26H22N2O5. The van der Waals surface area contributed by atoms with Gasteiger partial charge in [0.15, 0.2) is 0 Å². The molecule has 3 aromatic carbocycles. The highest BCUT2D eigenvalue weighted by molar-refractivity contribution is 6.09. The fourth-order valence-electron chi connectivity index (χ4n) is 3.62. The van der Waals surface area contributed by atoms with E-state index in [2.05, 4.69) is 5.32 Å². The molecule has 7 nitrogen and oxygen atoms in total. The number of nitrogens with zero attached hydrogens (tertiary/aromatic N) is 1. The molecule has 33 heavy (non-hydrogen) atoms. The zero-order chi connectivity index (χ0) is 23.4. The second kappa shape index (κ2) is 9.40. The maximum atomic E-state index is 13.2. The van der Waals surface area contributed by atoms with Crippen LogP contribution in [-0.4, -0.2) is 30.7 Å². The van der Waals surface area contributed by atoms with Crippen LogP contribution >= 0.6 is 0 Å². The number of hydrogen-bond acceptors (Lipinski definition) is 5. The Balaban J connectivity index is 1.84. The molecule has 0 atom stereocenters. The first-order valence-electron chi connectivity index (χ1n) is 10.3. The van der Waals surface area contributed by atoms with E-state index in [0.717, 1.165) is 5.56 Å². The predicted octanol–water partition coefficient (Wildman–Crippen LogP) is 4.10. The van der Waals surface area contributed by atoms with Crippen LogP contribution in [0.15, 0.2) is 83.7 Å². The molecule has 0 fully saturated rings. The molecule has 0 aliphatic heterocycles. The number of amides is 1. The van der Waals surface area contributed by atoms with Crippen molar-refractivity contribution in [3.05, 3.63) is 106 Å². The van der Waals surface area contributed by atoms with E-state index >= 15 is 0 Å². The molecular weight excluding hydrogens is 420 g/mol. The van der Waals surface area contributed by atoms with E-state index in [1.165, 1.54) is 17.7 Å². The lowest BCUT2D eigenvalue weighted by atomic mass is 10.1. The summed E-state index contributed by atoms with van der Waals surface area (Å²) < 4.78 is 11.5. The van der Waals surface area contributed by atoms with Gasteiger partial charge in [-0.2, -0.15) is 0 Å². The molecule has 1 heterocycles. The van der Waals surface area contributed by atoms with Gasteiger partial charge in [0.2, 0.25) is 0 Å². The summed E-state index contributed by atoms with van der Waals surface area (Å²) >= 11 is 0. The molecule has 1 aromatic heterocycles. The average Bonchev–Trinajstić information content (AvgIpc) is 2.86. The summed E-state index contributed by atoms with van der Waals surface area (Å²) in [6.07, 6.45) is 0. The highest BCUT2D eigenvalue weighted by atomic mass is 16.5. The van der Waals surface area contributed by atoms with Crippen molar-refractivity contribution in [2.75, 3.05) is 19.5 Å². The van der Waals surface area contributed by atoms with Gasteiger partial charge in [-0.25, -0.2) is 4.79 Å². The van der Waals surface area contributed by atoms with Gasteiger partial charge >= 0.3 is 5.97 Å². The molecule has 1 amide bonds. The molecule has 0 saturated heterocycles. The molecule has 0 bridgehead atoms. The third-order valence-electron chi connectivity index (χ3n) is 5.33. The van der Waals surface area contributed by atoms with Crippen LogP contribution < -0.4 is 15.6 Å². The molecule has 166 valence electrons. The number of methoxy groups -OCH3 is 2. The number of carbonyl (C=O) groups excluding carboxylic acids is 2. The fourth-order valence-corrected chi connectivity index (χ4v) is 3.62. The molecule has 0 unspecified atom stereocenters. The number of pyridine rings is 1. The van der Waals surface area contributed by atoms with E-state index in [1.807, 2.05) is 18.2 Å². The summed E-state index contributed by atoms with van der Waals surface area (Å²) in [5.41, 5.74) is 1.81. The highest BCUT2D eigenvalue weighted by Crippen LogP contribution is 2.25. The molecule has 0 spiro atoms. The lowest BCUT2D eigenvalue weighted by Crippen LogP contribution is -2.28. The Kier molecular flexibility index (Phi) is 6.22. The molecule has 0 saturated carbocycles. The second-order valence-electron chi connectivity index (χ2n) is 7.35. The van der Waals surface area contributed by atoms with Gasteiger partial charge in [-0.3, -0.25) is 9.59 Å². The number of ether oxygens (including phenoxy) is 2. The number of benzene rings is 3. The number of anilines is 1. The summed E-state index contributed by atoms with van der Waals surface area (Å²) in [5, 5.41) is 3.44. The molecule has 0 aliphatic rings. The Hall–Kier alpha value is -4.39. The second-order valence-corrected chi connectivity index (χ2v) is 7.35. The summed E-state index contributed by atoms with van der Waals surface area (Å²) in [6, 6.07) is 22.8. The molecule has 4 rings (SSSR count). The molecule has 7 heteroatoms. The van der Waals surface area contributed by atoms with Crippen LogP contribution in [-0.2, 0) is 11.3 Å². The van der Waals surface area contributed by atoms with Gasteiger partial charge in [0.1, 0.15) is 11.3 Å². The summed E-state index contributed by atoms with van der Waals surface area (Å²) in [4.78, 5) is 38.4. The van der Waals surface area contributed by atoms with E-state index in [4.69, 9.17) is 9.47 Å². The van der Waals surface area contributed by atoms with Crippen molar-refractivity contribution in [2.24, 2.45) is 0 Å². The number of hydrogen-bond donors (Lipinski definition) is 1. The van der Waals surface area contributed by atoms with E-state index < -0.39 is 11.5 Å². The minimum absolute atomic E-state index is 0.111. The van der Waals surface area contributed by atoms with Crippen molar-refractivity contribution >= 4 is 28.5 Å². The number of rotatable bonds is 6. The third kappa shape index (κ3) is 4.48. The minimum Gasteiger partial charge on any atom is -0.497 e. The van der Waals surface area contributed by atoms with Gasteiger partial charge in [0, 0.05) is 10.9 Å². The fraction of sp³-hybridized carbons (Fsp3) is 0.115. The Labute approximate surface area is 190 Å². The predicted molar refractivity (Wildman–Crippen MR) is 126 cm³/mol. The van der Waals surface area contributed by atoms with Crippen molar-refractivity contribution in [1.82, 2.24) is 4.57 Å². The number of nitrogens with one attached hydrogen (secondary N) is 1. The van der Waals surface area contributed by atoms with Crippen LogP contribution in [0.2, 0.25) is 0 Å². The van der Waals surface area contributed by atoms with Gasteiger partial charge in [0.05, 0.1) is 32.0 Å². The summed E-state index contributed by atoms with van der Waals surface area (Å²) in [7, 11) is 2.81. The maximum absolute atomic E-state index is 13.2. The van der Waals surface area contributed by atoms with Gasteiger partial charge in [-0.05, 0) is 48.0 Å². The first-order chi connectivity index (χ1) is 16.0. The van der Waals surface area contributed by atoms with Crippen molar-refractivity contribution in [2.45, 2.75) is 6.54 Å². The van der Waals surface area contributed by atoms with Crippen LogP contribution in [0, 0.1) is 0 Å². The normalized spacial score (nSPS) is 10.6. The van der Waals surface area contributed by atoms with Crippen molar-refractivity contribution in [1.29, 1.82) is 0 Å². The van der Waals surface area contributed by atoms with Crippen molar-refractivity contribution in [3.63, 3.8) is 0 Å². The highest BCUT2D eigenvalue weighted by Gasteiger charge is 2.19. The molecule has 0 aliphatic carbocycles. The largest absolute Gasteiger partial charge is 0.497 e. The lowest BCUT2D eigenvalue weighted by molar-refractivity contribution is 0.0598. The van der Waals surface area contributed by atoms with E-state index in [9.17, 15) is 14.4 Å². The minimum atomic E-state index is -0.741. The first-order valence-corrected chi connectivity index (χ1v) is 10.3. The third-order valence-corrected chi connectivity index (χ3v) is 5.33. The summed E-state index contributed by atoms with van der Waals surface area (Å²) in [6.45, 7) is 0.222. The molecule has 0 radical (unpaired) electrons. The van der Waals surface area contributed by atoms with Crippen LogP contribution in [0.25, 0.3) is 10.9 Å². The first kappa shape index (κ1) is 21.8. The van der Waals surface area contributed by atoms with Crippen molar-refractivity contribution < 1.29 is 19.1 Å². The number of fused-ring (bicyclic) bond motifs is 1. The topological polar surface area (TPSA) is 86.6 Å². The quantitative estimate of drug-likeness (QED) is 0.455. The molecule has 4 aromatic rings. The monoisotopic (exact) mass is 442 g/mol. The Morgan fingerprint density at radius 2 is 1.64 bits per heavy atom.